The summed E-state index contributed by atoms with van der Waals surface area (Å²) >= 11 is 0. The number of hydrazine groups is 1. The molecule has 1 aromatic carbocycles. The molecule has 0 heterocycles. The third kappa shape index (κ3) is 3.40. The lowest BCUT2D eigenvalue weighted by Crippen LogP contribution is -2.08. The van der Waals surface area contributed by atoms with E-state index in [4.69, 9.17) is 10.9 Å². The summed E-state index contributed by atoms with van der Waals surface area (Å²) in [5.74, 6) is 3.65. The van der Waals surface area contributed by atoms with Gasteiger partial charge in [-0.3, -0.25) is 10.6 Å². The fourth-order valence-electron chi connectivity index (χ4n) is 1.05. The number of nitrogen functional groups attached to an aromatic ring is 1. The number of carboxylic acid groups (broad SMARTS) is 1. The molecule has 1 aromatic rings. The van der Waals surface area contributed by atoms with Crippen LogP contribution in [0.1, 0.15) is 12.0 Å². The first-order valence-electron chi connectivity index (χ1n) is 4.28. The van der Waals surface area contributed by atoms with Crippen LogP contribution in [0.5, 0.6) is 0 Å². The molecule has 0 saturated heterocycles. The summed E-state index contributed by atoms with van der Waals surface area (Å²) in [4.78, 5) is 10.2. The molecule has 4 nitrogen and oxygen atoms in total. The molecule has 4 N–H and O–H groups in total. The first-order chi connectivity index (χ1) is 7.13. The molecule has 0 radical (unpaired) electrons. The molecule has 0 unspecified atom stereocenters. The van der Waals surface area contributed by atoms with Crippen LogP contribution >= 0.6 is 0 Å². The molecule has 0 spiro atoms. The Labute approximate surface area is 86.2 Å². The van der Waals surface area contributed by atoms with Gasteiger partial charge in [-0.15, -0.1) is 0 Å². The van der Waals surface area contributed by atoms with Crippen LogP contribution in [0, 0.1) is 5.82 Å². The van der Waals surface area contributed by atoms with E-state index in [-0.39, 0.29) is 12.1 Å². The Kier molecular flexibility index (Phi) is 3.82. The number of hydrogen-bond acceptors (Lipinski definition) is 3. The van der Waals surface area contributed by atoms with E-state index in [2.05, 4.69) is 5.43 Å². The molecule has 0 saturated carbocycles. The number of anilines is 1. The van der Waals surface area contributed by atoms with E-state index < -0.39 is 11.8 Å². The van der Waals surface area contributed by atoms with Crippen LogP contribution in [0.15, 0.2) is 24.3 Å². The van der Waals surface area contributed by atoms with Gasteiger partial charge in [0.05, 0.1) is 12.1 Å². The maximum Gasteiger partial charge on any atom is 0.307 e. The second-order valence-electron chi connectivity index (χ2n) is 2.88. The maximum absolute atomic E-state index is 13.1. The van der Waals surface area contributed by atoms with E-state index in [9.17, 15) is 9.18 Å². The summed E-state index contributed by atoms with van der Waals surface area (Å²) in [5, 5.41) is 8.38. The van der Waals surface area contributed by atoms with Crippen LogP contribution in [-0.2, 0) is 4.79 Å². The zero-order valence-electron chi connectivity index (χ0n) is 7.90. The number of rotatable bonds is 4. The van der Waals surface area contributed by atoms with Gasteiger partial charge in [0.25, 0.3) is 0 Å². The van der Waals surface area contributed by atoms with Gasteiger partial charge in [-0.05, 0) is 17.7 Å². The number of benzene rings is 1. The highest BCUT2D eigenvalue weighted by Crippen LogP contribution is 2.15. The molecule has 15 heavy (non-hydrogen) atoms. The van der Waals surface area contributed by atoms with Crippen molar-refractivity contribution >= 4 is 17.7 Å². The lowest BCUT2D eigenvalue weighted by molar-refractivity contribution is -0.135. The van der Waals surface area contributed by atoms with E-state index in [1.165, 1.54) is 24.3 Å². The van der Waals surface area contributed by atoms with Crippen LogP contribution in [0.4, 0.5) is 10.1 Å². The van der Waals surface area contributed by atoms with Gasteiger partial charge in [-0.25, -0.2) is 4.39 Å². The minimum absolute atomic E-state index is 0.0848. The number of carbonyl (C=O) groups is 1. The SMILES string of the molecule is NNc1ccc(C=CCC(=O)O)cc1F. The predicted octanol–water partition coefficient (Wildman–Crippen LogP) is 1.60. The van der Waals surface area contributed by atoms with Crippen molar-refractivity contribution in [2.45, 2.75) is 6.42 Å². The minimum atomic E-state index is -0.924. The van der Waals surface area contributed by atoms with Gasteiger partial charge in [-0.2, -0.15) is 0 Å². The monoisotopic (exact) mass is 210 g/mol. The quantitative estimate of drug-likeness (QED) is 0.521. The van der Waals surface area contributed by atoms with Crippen molar-refractivity contribution < 1.29 is 14.3 Å². The van der Waals surface area contributed by atoms with Gasteiger partial charge in [-0.1, -0.05) is 18.2 Å². The summed E-state index contributed by atoms with van der Waals surface area (Å²) in [6, 6.07) is 4.39. The molecule has 0 aliphatic rings. The molecule has 0 amide bonds. The van der Waals surface area contributed by atoms with Crippen molar-refractivity contribution in [3.8, 4) is 0 Å². The van der Waals surface area contributed by atoms with Crippen molar-refractivity contribution in [2.75, 3.05) is 5.43 Å². The molecule has 80 valence electrons. The Morgan fingerprint density at radius 1 is 1.60 bits per heavy atom. The van der Waals surface area contributed by atoms with Crippen LogP contribution < -0.4 is 11.3 Å². The van der Waals surface area contributed by atoms with Crippen molar-refractivity contribution in [3.63, 3.8) is 0 Å². The number of hydrogen-bond donors (Lipinski definition) is 3. The molecular weight excluding hydrogens is 199 g/mol. The average molecular weight is 210 g/mol. The summed E-state index contributed by atoms with van der Waals surface area (Å²) in [5.41, 5.74) is 2.99. The molecule has 1 rings (SSSR count). The number of nitrogens with two attached hydrogens (primary N) is 1. The fourth-order valence-corrected chi connectivity index (χ4v) is 1.05. The van der Waals surface area contributed by atoms with E-state index in [0.717, 1.165) is 0 Å². The Bertz CT molecular complexity index is 391. The second kappa shape index (κ2) is 5.11. The van der Waals surface area contributed by atoms with Gasteiger partial charge in [0, 0.05) is 0 Å². The molecule has 0 atom stereocenters. The maximum atomic E-state index is 13.1. The van der Waals surface area contributed by atoms with E-state index in [0.29, 0.717) is 5.56 Å². The Hall–Kier alpha value is -1.88. The van der Waals surface area contributed by atoms with E-state index >= 15 is 0 Å². The highest BCUT2D eigenvalue weighted by molar-refractivity contribution is 5.70. The summed E-state index contributed by atoms with van der Waals surface area (Å²) in [7, 11) is 0. The van der Waals surface area contributed by atoms with Gasteiger partial charge in [0.2, 0.25) is 0 Å². The number of nitrogens with one attached hydrogen (secondary N) is 1. The van der Waals surface area contributed by atoms with Crippen LogP contribution in [-0.4, -0.2) is 11.1 Å². The third-order valence-electron chi connectivity index (χ3n) is 1.75. The van der Waals surface area contributed by atoms with Gasteiger partial charge < -0.3 is 10.5 Å². The van der Waals surface area contributed by atoms with Crippen LogP contribution in [0.2, 0.25) is 0 Å². The normalized spacial score (nSPS) is 10.5. The summed E-state index contributed by atoms with van der Waals surface area (Å²) in [6.45, 7) is 0. The second-order valence-corrected chi connectivity index (χ2v) is 2.88. The average Bonchev–Trinajstić information content (AvgIpc) is 2.17. The molecule has 5 heteroatoms. The van der Waals surface area contributed by atoms with Crippen molar-refractivity contribution in [1.82, 2.24) is 0 Å². The number of halogens is 1. The summed E-state index contributed by atoms with van der Waals surface area (Å²) < 4.78 is 13.1. The Morgan fingerprint density at radius 3 is 2.87 bits per heavy atom. The smallest absolute Gasteiger partial charge is 0.307 e. The standard InChI is InChI=1S/C10H11FN2O2/c11-8-6-7(2-1-3-10(14)15)4-5-9(8)13-12/h1-2,4-6,13H,3,12H2,(H,14,15). The highest BCUT2D eigenvalue weighted by atomic mass is 19.1. The largest absolute Gasteiger partial charge is 0.481 e. The van der Waals surface area contributed by atoms with E-state index in [1.54, 1.807) is 6.07 Å². The molecule has 0 aliphatic carbocycles. The molecule has 0 aromatic heterocycles. The van der Waals surface area contributed by atoms with Crippen molar-refractivity contribution in [1.29, 1.82) is 0 Å². The minimum Gasteiger partial charge on any atom is -0.481 e. The Morgan fingerprint density at radius 2 is 2.33 bits per heavy atom. The lowest BCUT2D eigenvalue weighted by Gasteiger charge is -2.01. The lowest BCUT2D eigenvalue weighted by atomic mass is 10.2. The zero-order valence-corrected chi connectivity index (χ0v) is 7.90. The molecule has 0 aliphatic heterocycles. The van der Waals surface area contributed by atoms with E-state index in [1.807, 2.05) is 0 Å². The number of carboxylic acids is 1. The molecule has 0 fully saturated rings. The first kappa shape index (κ1) is 11.2. The third-order valence-corrected chi connectivity index (χ3v) is 1.75. The first-order valence-corrected chi connectivity index (χ1v) is 4.28. The highest BCUT2D eigenvalue weighted by Gasteiger charge is 1.99. The fraction of sp³-hybridized carbons (Fsp3) is 0.100. The van der Waals surface area contributed by atoms with Gasteiger partial charge >= 0.3 is 5.97 Å². The van der Waals surface area contributed by atoms with Crippen LogP contribution in [0.3, 0.4) is 0 Å². The Balaban J connectivity index is 2.75. The van der Waals surface area contributed by atoms with Crippen LogP contribution in [0.25, 0.3) is 6.08 Å². The molecule has 0 bridgehead atoms. The van der Waals surface area contributed by atoms with Gasteiger partial charge in [0.1, 0.15) is 5.82 Å². The van der Waals surface area contributed by atoms with Gasteiger partial charge in [0.15, 0.2) is 0 Å². The van der Waals surface area contributed by atoms with Crippen molar-refractivity contribution in [3.05, 3.63) is 35.7 Å². The van der Waals surface area contributed by atoms with Crippen molar-refractivity contribution in [2.24, 2.45) is 5.84 Å². The zero-order chi connectivity index (χ0) is 11.3. The number of aliphatic carboxylic acids is 1. The predicted molar refractivity (Wildman–Crippen MR) is 55.5 cm³/mol. The molecular formula is C10H11FN2O2. The topological polar surface area (TPSA) is 75.3 Å². The summed E-state index contributed by atoms with van der Waals surface area (Å²) in [6.07, 6.45) is 2.91.